The average molecular weight is 537 g/mol. The highest BCUT2D eigenvalue weighted by molar-refractivity contribution is 6.77. The van der Waals surface area contributed by atoms with Crippen molar-refractivity contribution in [1.29, 1.82) is 0 Å². The minimum atomic E-state index is -2.07. The lowest BCUT2D eigenvalue weighted by Gasteiger charge is -2.62. The maximum atomic E-state index is 7.39. The Hall–Kier alpha value is -2.25. The van der Waals surface area contributed by atoms with E-state index in [-0.39, 0.29) is 11.7 Å². The Morgan fingerprint density at radius 3 is 1.71 bits per heavy atom. The summed E-state index contributed by atoms with van der Waals surface area (Å²) in [6.07, 6.45) is 20.0. The molecule has 0 saturated heterocycles. The van der Waals surface area contributed by atoms with Crippen molar-refractivity contribution in [1.82, 2.24) is 0 Å². The lowest BCUT2D eigenvalue weighted by molar-refractivity contribution is -0.186. The first-order chi connectivity index (χ1) is 18.2. The van der Waals surface area contributed by atoms with Crippen LogP contribution in [-0.4, -0.2) is 28.3 Å². The molecule has 6 aliphatic carbocycles. The van der Waals surface area contributed by atoms with E-state index in [1.54, 1.807) is 0 Å². The summed E-state index contributed by atoms with van der Waals surface area (Å²) < 4.78 is 14.6. The van der Waals surface area contributed by atoms with Crippen LogP contribution in [0.1, 0.15) is 65.5 Å². The topological polar surface area (TPSA) is 18.5 Å². The molecule has 2 aromatic rings. The second kappa shape index (κ2) is 8.89. The molecule has 0 N–H and O–H groups in total. The van der Waals surface area contributed by atoms with E-state index in [2.05, 4.69) is 110 Å². The van der Waals surface area contributed by atoms with E-state index in [9.17, 15) is 0 Å². The van der Waals surface area contributed by atoms with Gasteiger partial charge in [0.15, 0.2) is 0 Å². The van der Waals surface area contributed by atoms with Crippen LogP contribution in [0.15, 0.2) is 47.8 Å². The summed E-state index contributed by atoms with van der Waals surface area (Å²) in [6, 6.07) is 13.5. The first-order valence-corrected chi connectivity index (χ1v) is 20.5. The lowest BCUT2D eigenvalue weighted by Crippen LogP contribution is -2.66. The fraction of sp³-hybridized carbons (Fsp3) is 0.412. The third kappa shape index (κ3) is 4.60. The first-order valence-electron chi connectivity index (χ1n) is 14.6. The number of rotatable bonds is 8. The van der Waals surface area contributed by atoms with E-state index in [0.29, 0.717) is 5.92 Å². The zero-order valence-corrected chi connectivity index (χ0v) is 25.2. The Bertz CT molecular complexity index is 1380. The summed E-state index contributed by atoms with van der Waals surface area (Å²) >= 11 is 0. The first kappa shape index (κ1) is 24.8. The van der Waals surface area contributed by atoms with Crippen molar-refractivity contribution in [3.63, 3.8) is 0 Å². The van der Waals surface area contributed by atoms with Crippen molar-refractivity contribution in [2.75, 3.05) is 0 Å². The van der Waals surface area contributed by atoms with Gasteiger partial charge in [0.05, 0.1) is 11.7 Å². The van der Waals surface area contributed by atoms with Gasteiger partial charge in [0.1, 0.15) is 0 Å². The van der Waals surface area contributed by atoms with Gasteiger partial charge < -0.3 is 8.85 Å². The van der Waals surface area contributed by atoms with Gasteiger partial charge >= 0.3 is 0 Å². The third-order valence-electron chi connectivity index (χ3n) is 9.51. The van der Waals surface area contributed by atoms with Crippen molar-refractivity contribution in [2.24, 2.45) is 17.8 Å². The standard InChI is InChI=1S/C34H40O2Si2/c1-37(2,15-13-24-5-7-28-9-11-30(28)18-24)35-33-32-20-26-17-27(21-32)23-34(33,22-26)36-38(3,4)16-14-25-6-8-29-10-12-31(29)19-25/h5-16,18-19,26-27,32-33H,17,20-23H2,1-4H3. The molecule has 4 bridgehead atoms. The summed E-state index contributed by atoms with van der Waals surface area (Å²) in [7, 11) is -4.11. The highest BCUT2D eigenvalue weighted by atomic mass is 28.4. The van der Waals surface area contributed by atoms with Gasteiger partial charge in [-0.2, -0.15) is 0 Å². The molecule has 196 valence electrons. The fourth-order valence-corrected chi connectivity index (χ4v) is 11.7. The second-order valence-corrected chi connectivity index (χ2v) is 21.2. The predicted molar refractivity (Wildman–Crippen MR) is 166 cm³/mol. The van der Waals surface area contributed by atoms with Crippen molar-refractivity contribution in [2.45, 2.75) is 70.0 Å². The van der Waals surface area contributed by atoms with Crippen LogP contribution in [0, 0.1) is 17.8 Å². The molecular formula is C34H40O2Si2. The highest BCUT2D eigenvalue weighted by Gasteiger charge is 2.60. The molecule has 8 rings (SSSR count). The SMILES string of the molecule is C[Si](C)(C=Cc1ccc2c(c1)C=C2)OC1C2CC3CC(C2)CC1(O[Si](C)(C)C=Cc1ccc2c(c1)C=C2)C3. The molecule has 0 amide bonds. The van der Waals surface area contributed by atoms with E-state index >= 15 is 0 Å². The molecule has 2 aromatic carbocycles. The normalized spacial score (nSPS) is 30.5. The summed E-state index contributed by atoms with van der Waals surface area (Å²) in [5, 5.41) is 0. The molecule has 0 spiro atoms. The van der Waals surface area contributed by atoms with Crippen LogP contribution < -0.4 is 0 Å². The van der Waals surface area contributed by atoms with Crippen molar-refractivity contribution >= 4 is 53.1 Å². The molecule has 3 unspecified atom stereocenters. The zero-order valence-electron chi connectivity index (χ0n) is 23.2. The van der Waals surface area contributed by atoms with Crippen LogP contribution in [0.3, 0.4) is 0 Å². The quantitative estimate of drug-likeness (QED) is 0.209. The van der Waals surface area contributed by atoms with E-state index in [4.69, 9.17) is 8.85 Å². The van der Waals surface area contributed by atoms with Crippen molar-refractivity contribution in [3.05, 3.63) is 81.2 Å². The minimum Gasteiger partial charge on any atom is -0.407 e. The maximum Gasteiger partial charge on any atom is 0.212 e. The summed E-state index contributed by atoms with van der Waals surface area (Å²) in [6.45, 7) is 9.49. The number of benzene rings is 2. The molecule has 6 aliphatic rings. The molecule has 0 heterocycles. The molecule has 0 radical (unpaired) electrons. The van der Waals surface area contributed by atoms with Crippen LogP contribution in [0.25, 0.3) is 36.5 Å². The highest BCUT2D eigenvalue weighted by Crippen LogP contribution is 2.59. The zero-order chi connectivity index (χ0) is 26.1. The van der Waals surface area contributed by atoms with Gasteiger partial charge in [0.25, 0.3) is 0 Å². The Balaban J connectivity index is 1.11. The van der Waals surface area contributed by atoms with Crippen LogP contribution in [0.5, 0.6) is 0 Å². The molecule has 38 heavy (non-hydrogen) atoms. The Kier molecular flexibility index (Phi) is 5.79. The fourth-order valence-electron chi connectivity index (χ4n) is 7.94. The molecule has 2 nitrogen and oxygen atoms in total. The van der Waals surface area contributed by atoms with E-state index in [0.717, 1.165) is 11.8 Å². The number of fused-ring (bicyclic) bond motifs is 2. The molecule has 3 atom stereocenters. The number of hydrogen-bond acceptors (Lipinski definition) is 2. The van der Waals surface area contributed by atoms with Gasteiger partial charge in [-0.05, 0) is 122 Å². The monoisotopic (exact) mass is 536 g/mol. The average Bonchev–Trinajstić information content (AvgIpc) is 2.81. The van der Waals surface area contributed by atoms with Crippen LogP contribution in [0.4, 0.5) is 0 Å². The summed E-state index contributed by atoms with van der Waals surface area (Å²) in [4.78, 5) is 0. The van der Waals surface area contributed by atoms with Gasteiger partial charge in [0, 0.05) is 0 Å². The van der Waals surface area contributed by atoms with Crippen LogP contribution in [-0.2, 0) is 8.85 Å². The van der Waals surface area contributed by atoms with Gasteiger partial charge in [-0.1, -0.05) is 72.1 Å². The molecule has 0 aromatic heterocycles. The van der Waals surface area contributed by atoms with Gasteiger partial charge in [-0.15, -0.1) is 0 Å². The summed E-state index contributed by atoms with van der Waals surface area (Å²) in [5.74, 6) is 2.28. The van der Waals surface area contributed by atoms with Crippen molar-refractivity contribution < 1.29 is 8.85 Å². The lowest BCUT2D eigenvalue weighted by atomic mass is 9.53. The van der Waals surface area contributed by atoms with E-state index in [1.807, 2.05) is 0 Å². The Morgan fingerprint density at radius 2 is 1.21 bits per heavy atom. The second-order valence-electron chi connectivity index (χ2n) is 13.6. The third-order valence-corrected chi connectivity index (χ3v) is 13.2. The smallest absolute Gasteiger partial charge is 0.212 e. The molecule has 0 aliphatic heterocycles. The largest absolute Gasteiger partial charge is 0.407 e. The summed E-state index contributed by atoms with van der Waals surface area (Å²) in [5.41, 5.74) is 12.6. The van der Waals surface area contributed by atoms with Crippen molar-refractivity contribution in [3.8, 4) is 0 Å². The van der Waals surface area contributed by atoms with Gasteiger partial charge in [0.2, 0.25) is 16.6 Å². The minimum absolute atomic E-state index is 0.115. The molecular weight excluding hydrogens is 497 g/mol. The van der Waals surface area contributed by atoms with E-state index < -0.39 is 16.6 Å². The molecule has 4 fully saturated rings. The number of hydrogen-bond donors (Lipinski definition) is 0. The maximum absolute atomic E-state index is 7.39. The van der Waals surface area contributed by atoms with Gasteiger partial charge in [-0.3, -0.25) is 0 Å². The molecule has 4 saturated carbocycles. The predicted octanol–water partition coefficient (Wildman–Crippen LogP) is 8.85. The van der Waals surface area contributed by atoms with Crippen LogP contribution in [0.2, 0.25) is 26.2 Å². The van der Waals surface area contributed by atoms with Crippen LogP contribution >= 0.6 is 0 Å². The van der Waals surface area contributed by atoms with Gasteiger partial charge in [-0.25, -0.2) is 0 Å². The Labute approximate surface area is 230 Å². The Morgan fingerprint density at radius 1 is 0.684 bits per heavy atom. The molecule has 4 heteroatoms. The van der Waals surface area contributed by atoms with E-state index in [1.165, 1.54) is 65.5 Å².